The predicted molar refractivity (Wildman–Crippen MR) is 87.8 cm³/mol. The summed E-state index contributed by atoms with van der Waals surface area (Å²) in [4.78, 5) is 40.3. The van der Waals surface area contributed by atoms with Gasteiger partial charge in [-0.25, -0.2) is 4.98 Å². The zero-order valence-corrected chi connectivity index (χ0v) is 13.0. The molecule has 126 valence electrons. The number of benzene rings is 1. The van der Waals surface area contributed by atoms with Crippen molar-refractivity contribution in [3.05, 3.63) is 61.6 Å². The maximum atomic E-state index is 12.0. The maximum absolute atomic E-state index is 12.0. The Hall–Kier alpha value is -3.23. The van der Waals surface area contributed by atoms with Gasteiger partial charge < -0.3 is 11.1 Å². The second-order valence-corrected chi connectivity index (χ2v) is 5.18. The standard InChI is InChI=1S/C15H17N5O4/c1-9-12(14(22)19-15(16)18-9)6-3-7-17-13(21)10-4-2-5-11(8-10)20(23)24/h2,4-5,8H,3,6-7H2,1H3,(H,17,21)(H3,16,18,19,22). The van der Waals surface area contributed by atoms with E-state index in [4.69, 9.17) is 5.73 Å². The summed E-state index contributed by atoms with van der Waals surface area (Å²) in [7, 11) is 0. The Bertz CT molecular complexity index is 831. The number of nitrogens with one attached hydrogen (secondary N) is 2. The van der Waals surface area contributed by atoms with Crippen LogP contribution >= 0.6 is 0 Å². The third-order valence-corrected chi connectivity index (χ3v) is 3.45. The first-order valence-electron chi connectivity index (χ1n) is 7.26. The number of nitrogens with zero attached hydrogens (tertiary/aromatic N) is 2. The number of rotatable bonds is 6. The number of aryl methyl sites for hydroxylation is 1. The molecule has 0 saturated heterocycles. The predicted octanol–water partition coefficient (Wildman–Crippen LogP) is 0.931. The molecule has 1 heterocycles. The fourth-order valence-electron chi connectivity index (χ4n) is 2.26. The molecular weight excluding hydrogens is 314 g/mol. The molecule has 2 aromatic rings. The van der Waals surface area contributed by atoms with Crippen molar-refractivity contribution in [2.24, 2.45) is 0 Å². The highest BCUT2D eigenvalue weighted by atomic mass is 16.6. The number of carbonyl (C=O) groups excluding carboxylic acids is 1. The fourth-order valence-corrected chi connectivity index (χ4v) is 2.26. The van der Waals surface area contributed by atoms with Crippen LogP contribution in [0.4, 0.5) is 11.6 Å². The zero-order chi connectivity index (χ0) is 17.7. The lowest BCUT2D eigenvalue weighted by atomic mass is 10.1. The summed E-state index contributed by atoms with van der Waals surface area (Å²) in [5.74, 6) is -0.333. The van der Waals surface area contributed by atoms with E-state index in [-0.39, 0.29) is 22.8 Å². The van der Waals surface area contributed by atoms with E-state index in [2.05, 4.69) is 15.3 Å². The molecule has 0 spiro atoms. The number of anilines is 1. The highest BCUT2D eigenvalue weighted by Crippen LogP contribution is 2.12. The van der Waals surface area contributed by atoms with Gasteiger partial charge in [0.15, 0.2) is 0 Å². The van der Waals surface area contributed by atoms with Gasteiger partial charge in [0.2, 0.25) is 5.95 Å². The third-order valence-electron chi connectivity index (χ3n) is 3.45. The summed E-state index contributed by atoms with van der Waals surface area (Å²) >= 11 is 0. The van der Waals surface area contributed by atoms with Crippen LogP contribution in [0.3, 0.4) is 0 Å². The van der Waals surface area contributed by atoms with Gasteiger partial charge in [-0.05, 0) is 25.8 Å². The summed E-state index contributed by atoms with van der Waals surface area (Å²) in [5, 5.41) is 13.4. The SMILES string of the molecule is Cc1nc(N)[nH]c(=O)c1CCCNC(=O)c1cccc([N+](=O)[O-])c1. The summed E-state index contributed by atoms with van der Waals surface area (Å²) < 4.78 is 0. The number of nitro groups is 1. The first kappa shape index (κ1) is 17.1. The Morgan fingerprint density at radius 2 is 2.21 bits per heavy atom. The number of nitro benzene ring substituents is 1. The molecule has 0 bridgehead atoms. The molecule has 1 aromatic heterocycles. The van der Waals surface area contributed by atoms with Crippen LogP contribution in [-0.2, 0) is 6.42 Å². The van der Waals surface area contributed by atoms with Crippen molar-refractivity contribution in [3.8, 4) is 0 Å². The van der Waals surface area contributed by atoms with Crippen LogP contribution in [0.2, 0.25) is 0 Å². The number of nitrogens with two attached hydrogens (primary N) is 1. The molecule has 1 aromatic carbocycles. The molecule has 9 nitrogen and oxygen atoms in total. The molecule has 2 rings (SSSR count). The summed E-state index contributed by atoms with van der Waals surface area (Å²) in [6.07, 6.45) is 0.958. The normalized spacial score (nSPS) is 10.4. The van der Waals surface area contributed by atoms with Crippen molar-refractivity contribution < 1.29 is 9.72 Å². The van der Waals surface area contributed by atoms with Gasteiger partial charge in [-0.1, -0.05) is 6.07 Å². The minimum Gasteiger partial charge on any atom is -0.369 e. The zero-order valence-electron chi connectivity index (χ0n) is 13.0. The summed E-state index contributed by atoms with van der Waals surface area (Å²) in [6, 6.07) is 5.49. The van der Waals surface area contributed by atoms with Gasteiger partial charge in [-0.2, -0.15) is 0 Å². The van der Waals surface area contributed by atoms with Crippen molar-refractivity contribution >= 4 is 17.5 Å². The quantitative estimate of drug-likeness (QED) is 0.408. The maximum Gasteiger partial charge on any atom is 0.270 e. The average molecular weight is 331 g/mol. The molecule has 0 radical (unpaired) electrons. The van der Waals surface area contributed by atoms with Gasteiger partial charge >= 0.3 is 0 Å². The number of amides is 1. The van der Waals surface area contributed by atoms with Crippen LogP contribution < -0.4 is 16.6 Å². The van der Waals surface area contributed by atoms with Crippen molar-refractivity contribution in [2.45, 2.75) is 19.8 Å². The highest BCUT2D eigenvalue weighted by Gasteiger charge is 2.11. The van der Waals surface area contributed by atoms with Crippen LogP contribution in [-0.4, -0.2) is 27.3 Å². The number of nitrogen functional groups attached to an aromatic ring is 1. The Morgan fingerprint density at radius 1 is 1.46 bits per heavy atom. The lowest BCUT2D eigenvalue weighted by Crippen LogP contribution is -2.26. The van der Waals surface area contributed by atoms with Gasteiger partial charge in [0.25, 0.3) is 17.2 Å². The molecule has 4 N–H and O–H groups in total. The van der Waals surface area contributed by atoms with Gasteiger partial charge in [0.1, 0.15) is 0 Å². The second-order valence-electron chi connectivity index (χ2n) is 5.18. The van der Waals surface area contributed by atoms with Crippen molar-refractivity contribution in [2.75, 3.05) is 12.3 Å². The third kappa shape index (κ3) is 4.15. The van der Waals surface area contributed by atoms with Crippen LogP contribution in [0.5, 0.6) is 0 Å². The van der Waals surface area contributed by atoms with E-state index in [1.165, 1.54) is 24.3 Å². The first-order valence-corrected chi connectivity index (χ1v) is 7.26. The molecule has 0 aliphatic rings. The average Bonchev–Trinajstić information content (AvgIpc) is 2.53. The number of aromatic amines is 1. The number of carbonyl (C=O) groups is 1. The van der Waals surface area contributed by atoms with Crippen molar-refractivity contribution in [3.63, 3.8) is 0 Å². The number of aromatic nitrogens is 2. The van der Waals surface area contributed by atoms with E-state index in [9.17, 15) is 19.7 Å². The van der Waals surface area contributed by atoms with Gasteiger partial charge in [-0.3, -0.25) is 24.7 Å². The van der Waals surface area contributed by atoms with Gasteiger partial charge in [0.05, 0.1) is 4.92 Å². The smallest absolute Gasteiger partial charge is 0.270 e. The molecule has 0 unspecified atom stereocenters. The van der Waals surface area contributed by atoms with E-state index in [1.807, 2.05) is 0 Å². The molecule has 24 heavy (non-hydrogen) atoms. The lowest BCUT2D eigenvalue weighted by Gasteiger charge is -2.07. The molecular formula is C15H17N5O4. The summed E-state index contributed by atoms with van der Waals surface area (Å²) in [5.41, 5.74) is 6.32. The van der Waals surface area contributed by atoms with Crippen molar-refractivity contribution in [1.29, 1.82) is 0 Å². The monoisotopic (exact) mass is 331 g/mol. The molecule has 0 aliphatic carbocycles. The molecule has 1 amide bonds. The van der Waals surface area contributed by atoms with E-state index >= 15 is 0 Å². The minimum absolute atomic E-state index is 0.0697. The number of H-pyrrole nitrogens is 1. The lowest BCUT2D eigenvalue weighted by molar-refractivity contribution is -0.384. The minimum atomic E-state index is -0.556. The van der Waals surface area contributed by atoms with Crippen LogP contribution in [0.1, 0.15) is 28.0 Å². The largest absolute Gasteiger partial charge is 0.369 e. The van der Waals surface area contributed by atoms with Gasteiger partial charge in [-0.15, -0.1) is 0 Å². The Balaban J connectivity index is 1.91. The Labute approximate surface area is 137 Å². The second kappa shape index (κ2) is 7.36. The highest BCUT2D eigenvalue weighted by molar-refractivity contribution is 5.94. The van der Waals surface area contributed by atoms with Crippen molar-refractivity contribution in [1.82, 2.24) is 15.3 Å². The van der Waals surface area contributed by atoms with Crippen LogP contribution in [0.25, 0.3) is 0 Å². The number of hydrogen-bond acceptors (Lipinski definition) is 6. The van der Waals surface area contributed by atoms with Crippen LogP contribution in [0.15, 0.2) is 29.1 Å². The fraction of sp³-hybridized carbons (Fsp3) is 0.267. The van der Waals surface area contributed by atoms with Crippen LogP contribution in [0, 0.1) is 17.0 Å². The Kier molecular flexibility index (Phi) is 5.25. The molecule has 0 atom stereocenters. The molecule has 9 heteroatoms. The molecule has 0 fully saturated rings. The molecule has 0 saturated carbocycles. The number of hydrogen-bond donors (Lipinski definition) is 3. The first-order chi connectivity index (χ1) is 11.4. The summed E-state index contributed by atoms with van der Waals surface area (Å²) in [6.45, 7) is 2.02. The topological polar surface area (TPSA) is 144 Å². The number of non-ortho nitro benzene ring substituents is 1. The van der Waals surface area contributed by atoms with E-state index in [1.54, 1.807) is 6.92 Å². The molecule has 0 aliphatic heterocycles. The van der Waals surface area contributed by atoms with E-state index in [0.717, 1.165) is 0 Å². The van der Waals surface area contributed by atoms with E-state index < -0.39 is 10.8 Å². The Morgan fingerprint density at radius 3 is 2.88 bits per heavy atom. The van der Waals surface area contributed by atoms with Gasteiger partial charge in [0, 0.05) is 35.5 Å². The van der Waals surface area contributed by atoms with E-state index in [0.29, 0.717) is 30.6 Å².